The molecule has 14 heavy (non-hydrogen) atoms. The monoisotopic (exact) mass is 209 g/mol. The summed E-state index contributed by atoms with van der Waals surface area (Å²) in [5, 5.41) is 4.04. The summed E-state index contributed by atoms with van der Waals surface area (Å²) in [6, 6.07) is 7.59. The molecule has 0 bridgehead atoms. The maximum absolute atomic E-state index is 5.79. The van der Waals surface area contributed by atoms with Crippen LogP contribution in [0.25, 0.3) is 0 Å². The molecule has 0 aromatic heterocycles. The summed E-state index contributed by atoms with van der Waals surface area (Å²) in [6.07, 6.45) is 4.60. The number of rotatable bonds is 2. The summed E-state index contributed by atoms with van der Waals surface area (Å²) < 4.78 is 5.45. The first-order valence-corrected chi connectivity index (χ1v) is 4.92. The van der Waals surface area contributed by atoms with Gasteiger partial charge in [-0.2, -0.15) is 0 Å². The summed E-state index contributed by atoms with van der Waals surface area (Å²) in [5.74, 6) is 0. The van der Waals surface area contributed by atoms with Crippen LogP contribution in [0.4, 0.5) is 5.69 Å². The molecule has 2 nitrogen and oxygen atoms in total. The van der Waals surface area contributed by atoms with Crippen LogP contribution < -0.4 is 5.32 Å². The molecule has 1 aliphatic heterocycles. The Bertz CT molecular complexity index is 337. The zero-order chi connectivity index (χ0) is 10.0. The molecular formula is C11H12ClNO. The van der Waals surface area contributed by atoms with Gasteiger partial charge in [0, 0.05) is 17.1 Å². The molecule has 0 radical (unpaired) electrons. The van der Waals surface area contributed by atoms with Crippen molar-refractivity contribution in [3.8, 4) is 0 Å². The van der Waals surface area contributed by atoms with Gasteiger partial charge >= 0.3 is 0 Å². The Hall–Kier alpha value is -1.15. The molecule has 1 aliphatic rings. The van der Waals surface area contributed by atoms with Gasteiger partial charge < -0.3 is 10.1 Å². The van der Waals surface area contributed by atoms with Gasteiger partial charge in [0.2, 0.25) is 0 Å². The first-order valence-electron chi connectivity index (χ1n) is 4.55. The van der Waals surface area contributed by atoms with Crippen molar-refractivity contribution in [3.05, 3.63) is 41.6 Å². The Kier molecular flexibility index (Phi) is 2.38. The number of halogens is 1. The van der Waals surface area contributed by atoms with Crippen molar-refractivity contribution in [2.75, 3.05) is 5.32 Å². The SMILES string of the molecule is CC1(Nc2ccc(Cl)cc2)CC=CO1. The highest BCUT2D eigenvalue weighted by molar-refractivity contribution is 6.30. The van der Waals surface area contributed by atoms with Gasteiger partial charge in [-0.3, -0.25) is 0 Å². The lowest BCUT2D eigenvalue weighted by molar-refractivity contribution is 0.0921. The topological polar surface area (TPSA) is 21.3 Å². The van der Waals surface area contributed by atoms with E-state index in [0.29, 0.717) is 0 Å². The smallest absolute Gasteiger partial charge is 0.180 e. The van der Waals surface area contributed by atoms with Gasteiger partial charge in [0.1, 0.15) is 0 Å². The van der Waals surface area contributed by atoms with E-state index in [1.165, 1.54) is 0 Å². The fourth-order valence-electron chi connectivity index (χ4n) is 1.44. The molecule has 1 N–H and O–H groups in total. The molecular weight excluding hydrogens is 198 g/mol. The summed E-state index contributed by atoms with van der Waals surface area (Å²) in [6.45, 7) is 2.02. The zero-order valence-electron chi connectivity index (χ0n) is 7.96. The highest BCUT2D eigenvalue weighted by Gasteiger charge is 2.26. The van der Waals surface area contributed by atoms with E-state index in [9.17, 15) is 0 Å². The van der Waals surface area contributed by atoms with Crippen LogP contribution >= 0.6 is 11.6 Å². The number of nitrogens with one attached hydrogen (secondary N) is 1. The minimum absolute atomic E-state index is 0.312. The highest BCUT2D eigenvalue weighted by atomic mass is 35.5. The quantitative estimate of drug-likeness (QED) is 0.806. The lowest BCUT2D eigenvalue weighted by Crippen LogP contribution is -2.33. The normalized spacial score (nSPS) is 24.7. The number of anilines is 1. The van der Waals surface area contributed by atoms with Gasteiger partial charge in [0.05, 0.1) is 6.26 Å². The maximum Gasteiger partial charge on any atom is 0.180 e. The van der Waals surface area contributed by atoms with Crippen molar-refractivity contribution in [1.29, 1.82) is 0 Å². The molecule has 1 atom stereocenters. The lowest BCUT2D eigenvalue weighted by Gasteiger charge is -2.26. The second kappa shape index (κ2) is 3.54. The van der Waals surface area contributed by atoms with Crippen molar-refractivity contribution in [1.82, 2.24) is 0 Å². The molecule has 1 heterocycles. The van der Waals surface area contributed by atoms with E-state index in [1.807, 2.05) is 37.3 Å². The van der Waals surface area contributed by atoms with E-state index in [2.05, 4.69) is 5.32 Å². The molecule has 1 unspecified atom stereocenters. The van der Waals surface area contributed by atoms with Crippen LogP contribution in [-0.2, 0) is 4.74 Å². The van der Waals surface area contributed by atoms with E-state index in [0.717, 1.165) is 17.1 Å². The van der Waals surface area contributed by atoms with Crippen molar-refractivity contribution >= 4 is 17.3 Å². The van der Waals surface area contributed by atoms with Gasteiger partial charge in [-0.25, -0.2) is 0 Å². The molecule has 1 aromatic carbocycles. The molecule has 3 heteroatoms. The average molecular weight is 210 g/mol. The maximum atomic E-state index is 5.79. The van der Waals surface area contributed by atoms with E-state index in [4.69, 9.17) is 16.3 Å². The third kappa shape index (κ3) is 2.02. The predicted molar refractivity (Wildman–Crippen MR) is 58.3 cm³/mol. The molecule has 2 rings (SSSR count). The van der Waals surface area contributed by atoms with E-state index >= 15 is 0 Å². The molecule has 0 amide bonds. The predicted octanol–water partition coefficient (Wildman–Crippen LogP) is 3.40. The molecule has 0 fully saturated rings. The summed E-state index contributed by atoms with van der Waals surface area (Å²) in [7, 11) is 0. The van der Waals surface area contributed by atoms with Crippen molar-refractivity contribution in [2.24, 2.45) is 0 Å². The third-order valence-corrected chi connectivity index (χ3v) is 2.44. The van der Waals surface area contributed by atoms with Gasteiger partial charge in [0.25, 0.3) is 0 Å². The Morgan fingerprint density at radius 1 is 1.36 bits per heavy atom. The van der Waals surface area contributed by atoms with E-state index in [1.54, 1.807) is 6.26 Å². The molecule has 1 aromatic rings. The Labute approximate surface area is 88.5 Å². The van der Waals surface area contributed by atoms with Gasteiger partial charge in [0.15, 0.2) is 5.72 Å². The number of hydrogen-bond acceptors (Lipinski definition) is 2. The first-order chi connectivity index (χ1) is 6.68. The van der Waals surface area contributed by atoms with Crippen LogP contribution in [0, 0.1) is 0 Å². The Balaban J connectivity index is 2.07. The second-order valence-corrected chi connectivity index (χ2v) is 3.99. The van der Waals surface area contributed by atoms with Crippen LogP contribution in [0.3, 0.4) is 0 Å². The van der Waals surface area contributed by atoms with Crippen LogP contribution in [0.2, 0.25) is 5.02 Å². The highest BCUT2D eigenvalue weighted by Crippen LogP contribution is 2.25. The molecule has 0 spiro atoms. The molecule has 0 saturated heterocycles. The van der Waals surface area contributed by atoms with E-state index in [-0.39, 0.29) is 5.72 Å². The lowest BCUT2D eigenvalue weighted by atomic mass is 10.2. The Morgan fingerprint density at radius 2 is 2.07 bits per heavy atom. The van der Waals surface area contributed by atoms with Crippen molar-refractivity contribution in [2.45, 2.75) is 19.1 Å². The summed E-state index contributed by atoms with van der Waals surface area (Å²) >= 11 is 5.79. The largest absolute Gasteiger partial charge is 0.476 e. The van der Waals surface area contributed by atoms with Crippen molar-refractivity contribution < 1.29 is 4.74 Å². The van der Waals surface area contributed by atoms with Crippen LogP contribution in [0.1, 0.15) is 13.3 Å². The number of ether oxygens (including phenoxy) is 1. The summed E-state index contributed by atoms with van der Waals surface area (Å²) in [4.78, 5) is 0. The Morgan fingerprint density at radius 3 is 2.64 bits per heavy atom. The molecule has 0 saturated carbocycles. The van der Waals surface area contributed by atoms with E-state index < -0.39 is 0 Å². The minimum Gasteiger partial charge on any atom is -0.476 e. The fourth-order valence-corrected chi connectivity index (χ4v) is 1.56. The average Bonchev–Trinajstić information content (AvgIpc) is 2.57. The fraction of sp³-hybridized carbons (Fsp3) is 0.273. The zero-order valence-corrected chi connectivity index (χ0v) is 8.71. The number of benzene rings is 1. The van der Waals surface area contributed by atoms with Gasteiger partial charge in [-0.1, -0.05) is 11.6 Å². The second-order valence-electron chi connectivity index (χ2n) is 3.56. The van der Waals surface area contributed by atoms with Crippen LogP contribution in [0.5, 0.6) is 0 Å². The molecule has 0 aliphatic carbocycles. The van der Waals surface area contributed by atoms with Crippen molar-refractivity contribution in [3.63, 3.8) is 0 Å². The minimum atomic E-state index is -0.312. The number of hydrogen-bond donors (Lipinski definition) is 1. The van der Waals surface area contributed by atoms with Crippen LogP contribution in [0.15, 0.2) is 36.6 Å². The standard InChI is InChI=1S/C11H12ClNO/c1-11(7-2-8-14-11)13-10-5-3-9(12)4-6-10/h2-6,8,13H,7H2,1H3. The van der Waals surface area contributed by atoms with Gasteiger partial charge in [-0.05, 0) is 37.3 Å². The third-order valence-electron chi connectivity index (χ3n) is 2.18. The molecule has 74 valence electrons. The van der Waals surface area contributed by atoms with Gasteiger partial charge in [-0.15, -0.1) is 0 Å². The van der Waals surface area contributed by atoms with Crippen LogP contribution in [-0.4, -0.2) is 5.72 Å². The first kappa shape index (κ1) is 9.41. The summed E-state index contributed by atoms with van der Waals surface area (Å²) in [5.41, 5.74) is 0.703.